The summed E-state index contributed by atoms with van der Waals surface area (Å²) in [4.78, 5) is 61.4. The zero-order chi connectivity index (χ0) is 37.2. The summed E-state index contributed by atoms with van der Waals surface area (Å²) in [5.41, 5.74) is -0.668. The minimum Gasteiger partial charge on any atom is -0.496 e. The lowest BCUT2D eigenvalue weighted by molar-refractivity contribution is -0.141. The largest absolute Gasteiger partial charge is 0.496 e. The summed E-state index contributed by atoms with van der Waals surface area (Å²) >= 11 is 0. The van der Waals surface area contributed by atoms with E-state index in [4.69, 9.17) is 14.2 Å². The van der Waals surface area contributed by atoms with E-state index >= 15 is 0 Å². The zero-order valence-electron chi connectivity index (χ0n) is 29.9. The molecule has 2 aliphatic carbocycles. The van der Waals surface area contributed by atoms with Gasteiger partial charge < -0.3 is 29.7 Å². The van der Waals surface area contributed by atoms with Crippen molar-refractivity contribution in [2.24, 2.45) is 5.92 Å². The van der Waals surface area contributed by atoms with Gasteiger partial charge in [-0.05, 0) is 81.4 Å². The van der Waals surface area contributed by atoms with Crippen LogP contribution in [0.25, 0.3) is 16.8 Å². The molecule has 5 atom stereocenters. The first-order valence-electron chi connectivity index (χ1n) is 18.7. The average molecular weight is 750 g/mol. The first kappa shape index (κ1) is 36.7. The van der Waals surface area contributed by atoms with E-state index < -0.39 is 68.7 Å². The van der Waals surface area contributed by atoms with E-state index in [1.807, 2.05) is 42.5 Å². The summed E-state index contributed by atoms with van der Waals surface area (Å²) in [7, 11) is -2.28. The Morgan fingerprint density at radius 1 is 1.06 bits per heavy atom. The van der Waals surface area contributed by atoms with Gasteiger partial charge in [-0.15, -0.1) is 0 Å². The number of aromatic nitrogens is 1. The third kappa shape index (κ3) is 8.14. The van der Waals surface area contributed by atoms with E-state index in [2.05, 4.69) is 20.3 Å². The van der Waals surface area contributed by atoms with Crippen molar-refractivity contribution >= 4 is 50.7 Å². The van der Waals surface area contributed by atoms with Gasteiger partial charge in [-0.25, -0.2) is 18.2 Å². The summed E-state index contributed by atoms with van der Waals surface area (Å²) in [5, 5.41) is 6.59. The van der Waals surface area contributed by atoms with Gasteiger partial charge in [0, 0.05) is 29.5 Å². The number of benzene rings is 1. The molecule has 1 aromatic carbocycles. The lowest BCUT2D eigenvalue weighted by Crippen LogP contribution is -2.58. The molecule has 4 heterocycles. The van der Waals surface area contributed by atoms with E-state index in [9.17, 15) is 27.6 Å². The Bertz CT molecular complexity index is 1930. The molecule has 3 fully saturated rings. The maximum atomic E-state index is 14.4. The van der Waals surface area contributed by atoms with Crippen LogP contribution in [0.3, 0.4) is 0 Å². The fourth-order valence-corrected chi connectivity index (χ4v) is 8.88. The molecule has 53 heavy (non-hydrogen) atoms. The number of methoxy groups -OCH3 is 1. The Balaban J connectivity index is 1.23. The van der Waals surface area contributed by atoms with E-state index in [0.29, 0.717) is 50.2 Å². The van der Waals surface area contributed by atoms with Crippen molar-refractivity contribution < 1.29 is 41.8 Å². The summed E-state index contributed by atoms with van der Waals surface area (Å²) < 4.78 is 45.5. The lowest BCUT2D eigenvalue weighted by Gasteiger charge is -2.29. The van der Waals surface area contributed by atoms with Crippen LogP contribution < -0.4 is 24.8 Å². The van der Waals surface area contributed by atoms with Crippen LogP contribution >= 0.6 is 0 Å². The van der Waals surface area contributed by atoms with Crippen LogP contribution in [0.5, 0.6) is 11.6 Å². The molecular formula is C38H47N5O9S. The summed E-state index contributed by atoms with van der Waals surface area (Å²) in [6, 6.07) is 3.64. The normalized spacial score (nSPS) is 29.8. The number of sulfonamides is 1. The number of fused-ring (bicyclic) bond motifs is 4. The predicted octanol–water partition coefficient (Wildman–Crippen LogP) is 3.89. The van der Waals surface area contributed by atoms with Crippen molar-refractivity contribution in [2.75, 3.05) is 20.3 Å². The van der Waals surface area contributed by atoms with Crippen molar-refractivity contribution in [2.45, 2.75) is 106 Å². The lowest BCUT2D eigenvalue weighted by atomic mass is 10.0. The number of carbonyl (C=O) groups is 4. The number of alkyl carbamates (subject to hydrolysis) is 1. The van der Waals surface area contributed by atoms with Crippen molar-refractivity contribution in [3.63, 3.8) is 0 Å². The highest BCUT2D eigenvalue weighted by Gasteiger charge is 2.62. The minimum absolute atomic E-state index is 0.00369. The molecule has 0 unspecified atom stereocenters. The second-order valence-electron chi connectivity index (χ2n) is 14.7. The molecular weight excluding hydrogens is 703 g/mol. The summed E-state index contributed by atoms with van der Waals surface area (Å²) in [6.07, 6.45) is 14.7. The molecule has 0 spiro atoms. The number of hydrogen-bond donors (Lipinski definition) is 3. The first-order valence-corrected chi connectivity index (χ1v) is 20.2. The molecule has 1 saturated heterocycles. The van der Waals surface area contributed by atoms with Gasteiger partial charge in [0.15, 0.2) is 0 Å². The van der Waals surface area contributed by atoms with Gasteiger partial charge in [-0.1, -0.05) is 37.1 Å². The van der Waals surface area contributed by atoms with Gasteiger partial charge >= 0.3 is 6.09 Å². The molecule has 7 rings (SSSR count). The number of allylic oxidation sites excluding steroid dienone is 2. The van der Waals surface area contributed by atoms with E-state index in [1.54, 1.807) is 13.3 Å². The van der Waals surface area contributed by atoms with Crippen LogP contribution in [0, 0.1) is 5.92 Å². The molecule has 0 radical (unpaired) electrons. The third-order valence-electron chi connectivity index (χ3n) is 10.8. The Kier molecular flexibility index (Phi) is 10.6. The highest BCUT2D eigenvalue weighted by molar-refractivity contribution is 7.91. The molecule has 3 aliphatic heterocycles. The van der Waals surface area contributed by atoms with E-state index in [1.165, 1.54) is 4.90 Å². The van der Waals surface area contributed by atoms with Gasteiger partial charge in [0.05, 0.1) is 25.5 Å². The maximum Gasteiger partial charge on any atom is 0.407 e. The second kappa shape index (κ2) is 15.4. The van der Waals surface area contributed by atoms with Gasteiger partial charge in [0.2, 0.25) is 27.7 Å². The Morgan fingerprint density at radius 2 is 1.87 bits per heavy atom. The van der Waals surface area contributed by atoms with Crippen molar-refractivity contribution in [3.8, 4) is 11.6 Å². The number of ether oxygens (including phenoxy) is 3. The van der Waals surface area contributed by atoms with Crippen LogP contribution in [-0.2, 0) is 29.1 Å². The second-order valence-corrected chi connectivity index (χ2v) is 16.6. The minimum atomic E-state index is -3.88. The van der Waals surface area contributed by atoms with Gasteiger partial charge in [0.25, 0.3) is 5.91 Å². The van der Waals surface area contributed by atoms with E-state index in [0.717, 1.165) is 42.0 Å². The molecule has 3 N–H and O–H groups in total. The van der Waals surface area contributed by atoms with Crippen molar-refractivity contribution in [1.29, 1.82) is 0 Å². The highest BCUT2D eigenvalue weighted by atomic mass is 32.2. The number of cyclic esters (lactones) is 1. The average Bonchev–Trinajstić information content (AvgIpc) is 4.06. The van der Waals surface area contributed by atoms with E-state index in [-0.39, 0.29) is 26.0 Å². The van der Waals surface area contributed by atoms with Crippen molar-refractivity contribution in [1.82, 2.24) is 25.2 Å². The van der Waals surface area contributed by atoms with Crippen LogP contribution in [0.4, 0.5) is 4.79 Å². The molecule has 5 aliphatic rings. The highest BCUT2D eigenvalue weighted by Crippen LogP contribution is 2.46. The Labute approximate surface area is 309 Å². The molecule has 284 valence electrons. The fourth-order valence-electron chi connectivity index (χ4n) is 7.52. The number of hydrogen-bond acceptors (Lipinski definition) is 10. The smallest absolute Gasteiger partial charge is 0.407 e. The summed E-state index contributed by atoms with van der Waals surface area (Å²) in [5.74, 6) is -1.28. The van der Waals surface area contributed by atoms with Crippen molar-refractivity contribution in [3.05, 3.63) is 48.2 Å². The number of amides is 4. The standard InChI is InChI=1S/C38H47N5O9S/c1-50-32-20-24-16-17-39-34-29(24)19-25(32)11-7-5-6-10-18-51-37(47)40-30-13-9-4-2-3-8-12-26-22-38(26,36(46)42-53(48,49)28-14-15-28)41-33(44)31-21-27(52-34)23-43(31)35(30)45/h7-8,11-12,16-17,19-20,26-28,30-31H,2-6,9-10,13-15,18,21-23H2,1H3,(H,40,47)(H,41,44)(H,42,46)/b11-7+,12-8-/t26-,27+,30-,31-,38+/m0/s1. The Morgan fingerprint density at radius 3 is 2.68 bits per heavy atom. The maximum absolute atomic E-state index is 14.4. The SMILES string of the molecule is COc1cc2ccnc3c2cc1/C=C/CCCCOC(=O)N[C@H]1CCCCC/C=C\[C@H]2C[C@@]2(C(=O)NS(=O)(=O)C2CC2)NC(=O)[C@@H]2C[C@H](CN2C1=O)O3. The topological polar surface area (TPSA) is 182 Å². The first-order chi connectivity index (χ1) is 25.6. The summed E-state index contributed by atoms with van der Waals surface area (Å²) in [6.45, 7) is 0.178. The van der Waals surface area contributed by atoms with Gasteiger partial charge in [-0.3, -0.25) is 19.1 Å². The molecule has 5 bridgehead atoms. The molecule has 2 aromatic rings. The molecule has 2 saturated carbocycles. The third-order valence-corrected chi connectivity index (χ3v) is 12.6. The number of rotatable bonds is 4. The van der Waals surface area contributed by atoms with Crippen LogP contribution in [-0.4, -0.2) is 91.4 Å². The van der Waals surface area contributed by atoms with Crippen LogP contribution in [0.1, 0.15) is 82.6 Å². The number of nitrogens with one attached hydrogen (secondary N) is 3. The quantitative estimate of drug-likeness (QED) is 0.388. The van der Waals surface area contributed by atoms with Gasteiger partial charge in [-0.2, -0.15) is 0 Å². The predicted molar refractivity (Wildman–Crippen MR) is 195 cm³/mol. The Hall–Kier alpha value is -4.66. The molecule has 1 aromatic heterocycles. The molecule has 4 amide bonds. The number of pyridine rings is 1. The van der Waals surface area contributed by atoms with Crippen LogP contribution in [0.15, 0.2) is 42.6 Å². The molecule has 14 nitrogen and oxygen atoms in total. The van der Waals surface area contributed by atoms with Crippen LogP contribution in [0.2, 0.25) is 0 Å². The molecule has 15 heteroatoms. The fraction of sp³-hybridized carbons (Fsp3) is 0.553. The monoisotopic (exact) mass is 749 g/mol. The number of nitrogens with zero attached hydrogens (tertiary/aromatic N) is 2. The number of carbonyl (C=O) groups excluding carboxylic acids is 4. The van der Waals surface area contributed by atoms with Gasteiger partial charge in [0.1, 0.15) is 29.5 Å². The zero-order valence-corrected chi connectivity index (χ0v) is 30.7.